The van der Waals surface area contributed by atoms with E-state index in [9.17, 15) is 0 Å². The molecule has 0 aliphatic heterocycles. The number of rotatable bonds is 4. The fourth-order valence-electron chi connectivity index (χ4n) is 1.45. The zero-order chi connectivity index (χ0) is 12.3. The minimum atomic E-state index is 0.174. The normalized spacial score (nSPS) is 10.8. The molecule has 1 heterocycles. The quantitative estimate of drug-likeness (QED) is 0.911. The molecule has 0 unspecified atom stereocenters. The van der Waals surface area contributed by atoms with Gasteiger partial charge in [-0.05, 0) is 47.0 Å². The van der Waals surface area contributed by atoms with Crippen LogP contribution in [0.4, 0.5) is 0 Å². The molecule has 2 aromatic rings. The van der Waals surface area contributed by atoms with E-state index in [0.717, 1.165) is 26.7 Å². The maximum absolute atomic E-state index is 8.76. The average molecular weight is 361 g/mol. The van der Waals surface area contributed by atoms with Gasteiger partial charge in [0.25, 0.3) is 0 Å². The molecule has 0 spiro atoms. The Hall–Kier alpha value is -0.720. The van der Waals surface area contributed by atoms with Crippen LogP contribution in [0.2, 0.25) is 0 Å². The van der Waals surface area contributed by atoms with Crippen molar-refractivity contribution < 1.29 is 5.11 Å². The number of aliphatic hydroxyl groups is 1. The zero-order valence-corrected chi connectivity index (χ0v) is 12.1. The second-order valence-corrected chi connectivity index (χ2v) is 5.35. The number of hydrogen-bond acceptors (Lipinski definition) is 3. The molecular formula is C11H11Br2N3O. The molecule has 1 aromatic carbocycles. The van der Waals surface area contributed by atoms with Gasteiger partial charge in [-0.1, -0.05) is 21.1 Å². The maximum Gasteiger partial charge on any atom is 0.0832 e. The predicted molar refractivity (Wildman–Crippen MR) is 72.2 cm³/mol. The summed E-state index contributed by atoms with van der Waals surface area (Å²) >= 11 is 6.91. The Balaban J connectivity index is 2.27. The first-order valence-electron chi connectivity index (χ1n) is 5.18. The summed E-state index contributed by atoms with van der Waals surface area (Å²) < 4.78 is 3.67. The van der Waals surface area contributed by atoms with Crippen LogP contribution >= 0.6 is 31.9 Å². The van der Waals surface area contributed by atoms with Gasteiger partial charge in [0.05, 0.1) is 17.6 Å². The molecule has 0 amide bonds. The minimum Gasteiger partial charge on any atom is -0.396 e. The van der Waals surface area contributed by atoms with Crippen LogP contribution in [0.3, 0.4) is 0 Å². The minimum absolute atomic E-state index is 0.174. The van der Waals surface area contributed by atoms with Crippen molar-refractivity contribution in [2.75, 3.05) is 6.61 Å². The zero-order valence-electron chi connectivity index (χ0n) is 8.98. The number of nitrogens with zero attached hydrogens (tertiary/aromatic N) is 3. The molecule has 0 saturated heterocycles. The maximum atomic E-state index is 8.76. The first kappa shape index (κ1) is 12.7. The van der Waals surface area contributed by atoms with Gasteiger partial charge in [0, 0.05) is 15.6 Å². The van der Waals surface area contributed by atoms with Gasteiger partial charge in [-0.25, -0.2) is 4.68 Å². The lowest BCUT2D eigenvalue weighted by Gasteiger charge is -2.03. The Bertz CT molecular complexity index is 513. The molecule has 0 aliphatic rings. The van der Waals surface area contributed by atoms with Crippen LogP contribution in [0.15, 0.2) is 33.3 Å². The fourth-order valence-corrected chi connectivity index (χ4v) is 2.23. The van der Waals surface area contributed by atoms with E-state index in [1.807, 2.05) is 24.4 Å². The Morgan fingerprint density at radius 1 is 1.29 bits per heavy atom. The average Bonchev–Trinajstić information content (AvgIpc) is 2.78. The van der Waals surface area contributed by atoms with Gasteiger partial charge in [-0.15, -0.1) is 5.10 Å². The first-order valence-corrected chi connectivity index (χ1v) is 6.77. The molecule has 2 rings (SSSR count). The molecular weight excluding hydrogens is 350 g/mol. The highest BCUT2D eigenvalue weighted by Crippen LogP contribution is 2.24. The van der Waals surface area contributed by atoms with E-state index in [-0.39, 0.29) is 6.61 Å². The van der Waals surface area contributed by atoms with Crippen LogP contribution in [-0.4, -0.2) is 26.7 Å². The Morgan fingerprint density at radius 2 is 2.12 bits per heavy atom. The number of halogens is 2. The molecule has 0 radical (unpaired) electrons. The molecule has 0 saturated carbocycles. The third kappa shape index (κ3) is 3.14. The smallest absolute Gasteiger partial charge is 0.0832 e. The van der Waals surface area contributed by atoms with Crippen LogP contribution in [0.25, 0.3) is 5.69 Å². The summed E-state index contributed by atoms with van der Waals surface area (Å²) in [7, 11) is 0. The third-order valence-corrected chi connectivity index (χ3v) is 3.45. The molecule has 90 valence electrons. The van der Waals surface area contributed by atoms with E-state index in [1.165, 1.54) is 0 Å². The van der Waals surface area contributed by atoms with Crippen molar-refractivity contribution in [1.82, 2.24) is 15.0 Å². The van der Waals surface area contributed by atoms with E-state index >= 15 is 0 Å². The van der Waals surface area contributed by atoms with Gasteiger partial charge in [0.2, 0.25) is 0 Å². The Kier molecular flexibility index (Phi) is 4.31. The monoisotopic (exact) mass is 359 g/mol. The standard InChI is InChI=1S/C11H11Br2N3O/c12-8-3-4-10(13)11(6-8)16-7-9(14-15-16)2-1-5-17/h3-4,6-7,17H,1-2,5H2. The topological polar surface area (TPSA) is 50.9 Å². The summed E-state index contributed by atoms with van der Waals surface area (Å²) in [5.74, 6) is 0. The van der Waals surface area contributed by atoms with Gasteiger partial charge in [0.15, 0.2) is 0 Å². The molecule has 0 atom stereocenters. The summed E-state index contributed by atoms with van der Waals surface area (Å²) in [6.45, 7) is 0.174. The molecule has 17 heavy (non-hydrogen) atoms. The van der Waals surface area contributed by atoms with E-state index in [1.54, 1.807) is 4.68 Å². The van der Waals surface area contributed by atoms with Crippen molar-refractivity contribution in [2.45, 2.75) is 12.8 Å². The van der Waals surface area contributed by atoms with E-state index < -0.39 is 0 Å². The van der Waals surface area contributed by atoms with Crippen LogP contribution < -0.4 is 0 Å². The van der Waals surface area contributed by atoms with Crippen molar-refractivity contribution in [3.63, 3.8) is 0 Å². The summed E-state index contributed by atoms with van der Waals surface area (Å²) in [5.41, 5.74) is 1.81. The summed E-state index contributed by atoms with van der Waals surface area (Å²) in [6.07, 6.45) is 3.32. The highest BCUT2D eigenvalue weighted by Gasteiger charge is 2.06. The van der Waals surface area contributed by atoms with Crippen LogP contribution in [0, 0.1) is 0 Å². The highest BCUT2D eigenvalue weighted by atomic mass is 79.9. The first-order chi connectivity index (χ1) is 8.20. The van der Waals surface area contributed by atoms with E-state index in [4.69, 9.17) is 5.11 Å². The number of benzene rings is 1. The van der Waals surface area contributed by atoms with Crippen molar-refractivity contribution in [2.24, 2.45) is 0 Å². The molecule has 1 aromatic heterocycles. The lowest BCUT2D eigenvalue weighted by Crippen LogP contribution is -1.96. The SMILES string of the molecule is OCCCc1cn(-c2cc(Br)ccc2Br)nn1. The fraction of sp³-hybridized carbons (Fsp3) is 0.273. The summed E-state index contributed by atoms with van der Waals surface area (Å²) in [6, 6.07) is 5.88. The second kappa shape index (κ2) is 5.75. The number of aromatic nitrogens is 3. The molecule has 0 fully saturated rings. The lowest BCUT2D eigenvalue weighted by atomic mass is 10.2. The number of aliphatic hydroxyl groups excluding tert-OH is 1. The Labute approximate surface area is 116 Å². The summed E-state index contributed by atoms with van der Waals surface area (Å²) in [4.78, 5) is 0. The number of aryl methyl sites for hydroxylation is 1. The van der Waals surface area contributed by atoms with E-state index in [2.05, 4.69) is 42.2 Å². The molecule has 0 aliphatic carbocycles. The van der Waals surface area contributed by atoms with Crippen LogP contribution in [-0.2, 0) is 6.42 Å². The number of hydrogen-bond donors (Lipinski definition) is 1. The molecule has 0 bridgehead atoms. The second-order valence-electron chi connectivity index (χ2n) is 3.58. The highest BCUT2D eigenvalue weighted by molar-refractivity contribution is 9.11. The third-order valence-electron chi connectivity index (χ3n) is 2.29. The van der Waals surface area contributed by atoms with Crippen LogP contribution in [0.5, 0.6) is 0 Å². The lowest BCUT2D eigenvalue weighted by molar-refractivity contribution is 0.288. The van der Waals surface area contributed by atoms with Gasteiger partial charge in [0.1, 0.15) is 0 Å². The Morgan fingerprint density at radius 3 is 2.88 bits per heavy atom. The predicted octanol–water partition coefficient (Wildman–Crippen LogP) is 2.72. The van der Waals surface area contributed by atoms with Crippen molar-refractivity contribution in [3.05, 3.63) is 39.0 Å². The van der Waals surface area contributed by atoms with Crippen molar-refractivity contribution >= 4 is 31.9 Å². The van der Waals surface area contributed by atoms with Gasteiger partial charge < -0.3 is 5.11 Å². The molecule has 1 N–H and O–H groups in total. The van der Waals surface area contributed by atoms with Crippen LogP contribution in [0.1, 0.15) is 12.1 Å². The van der Waals surface area contributed by atoms with E-state index in [0.29, 0.717) is 6.42 Å². The van der Waals surface area contributed by atoms with Gasteiger partial charge in [-0.2, -0.15) is 0 Å². The van der Waals surface area contributed by atoms with Crippen molar-refractivity contribution in [1.29, 1.82) is 0 Å². The van der Waals surface area contributed by atoms with Crippen molar-refractivity contribution in [3.8, 4) is 5.69 Å². The van der Waals surface area contributed by atoms with Gasteiger partial charge in [-0.3, -0.25) is 0 Å². The largest absolute Gasteiger partial charge is 0.396 e. The van der Waals surface area contributed by atoms with Gasteiger partial charge >= 0.3 is 0 Å². The molecule has 4 nitrogen and oxygen atoms in total. The summed E-state index contributed by atoms with van der Waals surface area (Å²) in [5, 5.41) is 16.9. The molecule has 6 heteroatoms.